The second-order valence-corrected chi connectivity index (χ2v) is 6.54. The van der Waals surface area contributed by atoms with Crippen LogP contribution in [0.3, 0.4) is 0 Å². The molecule has 0 spiro atoms. The molecule has 0 aliphatic heterocycles. The van der Waals surface area contributed by atoms with Crippen LogP contribution in [0.15, 0.2) is 48.5 Å². The van der Waals surface area contributed by atoms with Gasteiger partial charge in [0.05, 0.1) is 17.8 Å². The molecule has 5 heteroatoms. The van der Waals surface area contributed by atoms with E-state index in [4.69, 9.17) is 11.6 Å². The molecule has 4 nitrogen and oxygen atoms in total. The minimum absolute atomic E-state index is 0.167. The average molecular weight is 354 g/mol. The summed E-state index contributed by atoms with van der Waals surface area (Å²) >= 11 is 6.04. The third-order valence-corrected chi connectivity index (χ3v) is 4.47. The van der Waals surface area contributed by atoms with Crippen LogP contribution in [0.4, 0.5) is 5.69 Å². The molecule has 3 rings (SSSR count). The number of carbonyl (C=O) groups is 1. The molecule has 0 saturated heterocycles. The fourth-order valence-corrected chi connectivity index (χ4v) is 3.02. The van der Waals surface area contributed by atoms with E-state index in [2.05, 4.69) is 10.4 Å². The van der Waals surface area contributed by atoms with Crippen molar-refractivity contribution in [1.82, 2.24) is 9.78 Å². The Morgan fingerprint density at radius 2 is 1.84 bits per heavy atom. The van der Waals surface area contributed by atoms with Gasteiger partial charge >= 0.3 is 0 Å². The normalized spacial score (nSPS) is 10.7. The van der Waals surface area contributed by atoms with Crippen molar-refractivity contribution in [3.05, 3.63) is 81.6 Å². The van der Waals surface area contributed by atoms with Crippen molar-refractivity contribution in [2.24, 2.45) is 0 Å². The van der Waals surface area contributed by atoms with Gasteiger partial charge < -0.3 is 5.32 Å². The fraction of sp³-hybridized carbons (Fsp3) is 0.200. The van der Waals surface area contributed by atoms with Crippen molar-refractivity contribution in [2.45, 2.75) is 27.3 Å². The number of halogens is 1. The second kappa shape index (κ2) is 7.11. The molecular weight excluding hydrogens is 334 g/mol. The van der Waals surface area contributed by atoms with Crippen LogP contribution in [0.1, 0.15) is 32.9 Å². The van der Waals surface area contributed by atoms with E-state index in [0.29, 0.717) is 28.5 Å². The van der Waals surface area contributed by atoms with Crippen molar-refractivity contribution in [3.63, 3.8) is 0 Å². The number of aryl methyl sites for hydroxylation is 2. The van der Waals surface area contributed by atoms with Crippen LogP contribution in [-0.2, 0) is 6.54 Å². The zero-order valence-electron chi connectivity index (χ0n) is 14.5. The van der Waals surface area contributed by atoms with Gasteiger partial charge in [0.1, 0.15) is 0 Å². The molecule has 0 fully saturated rings. The van der Waals surface area contributed by atoms with Crippen molar-refractivity contribution in [3.8, 4) is 0 Å². The molecule has 0 unspecified atom stereocenters. The Kier molecular flexibility index (Phi) is 4.91. The van der Waals surface area contributed by atoms with Gasteiger partial charge in [0.15, 0.2) is 0 Å². The first kappa shape index (κ1) is 17.2. The fourth-order valence-electron chi connectivity index (χ4n) is 2.85. The largest absolute Gasteiger partial charge is 0.322 e. The van der Waals surface area contributed by atoms with Gasteiger partial charge in [-0.25, -0.2) is 0 Å². The van der Waals surface area contributed by atoms with E-state index in [9.17, 15) is 4.79 Å². The minimum atomic E-state index is -0.167. The number of carbonyl (C=O) groups excluding carboxylic acids is 1. The summed E-state index contributed by atoms with van der Waals surface area (Å²) in [6.45, 7) is 6.35. The van der Waals surface area contributed by atoms with Crippen LogP contribution >= 0.6 is 11.6 Å². The molecular formula is C20H20ClN3O. The van der Waals surface area contributed by atoms with Crippen LogP contribution in [0.25, 0.3) is 0 Å². The topological polar surface area (TPSA) is 46.9 Å². The third-order valence-electron chi connectivity index (χ3n) is 4.23. The molecule has 1 N–H and O–H groups in total. The standard InChI is InChI=1S/C20H20ClN3O/c1-13-9-10-17(21)11-18(13)22-20(25)19-14(2)23-24(15(19)3)12-16-7-5-4-6-8-16/h4-11H,12H2,1-3H3,(H,22,25). The number of aromatic nitrogens is 2. The Morgan fingerprint density at radius 3 is 2.56 bits per heavy atom. The summed E-state index contributed by atoms with van der Waals surface area (Å²) in [7, 11) is 0. The van der Waals surface area contributed by atoms with E-state index >= 15 is 0 Å². The van der Waals surface area contributed by atoms with Gasteiger partial charge in [0.25, 0.3) is 5.91 Å². The van der Waals surface area contributed by atoms with Crippen LogP contribution in [0.2, 0.25) is 5.02 Å². The number of benzene rings is 2. The number of nitrogens with zero attached hydrogens (tertiary/aromatic N) is 2. The molecule has 1 aromatic heterocycles. The first-order valence-electron chi connectivity index (χ1n) is 8.11. The Morgan fingerprint density at radius 1 is 1.12 bits per heavy atom. The zero-order valence-corrected chi connectivity index (χ0v) is 15.3. The first-order valence-corrected chi connectivity index (χ1v) is 8.49. The molecule has 25 heavy (non-hydrogen) atoms. The molecule has 0 saturated carbocycles. The van der Waals surface area contributed by atoms with E-state index < -0.39 is 0 Å². The van der Waals surface area contributed by atoms with E-state index in [1.165, 1.54) is 0 Å². The maximum atomic E-state index is 12.8. The van der Waals surface area contributed by atoms with Gasteiger partial charge in [-0.15, -0.1) is 0 Å². The van der Waals surface area contributed by atoms with Gasteiger partial charge in [-0.05, 0) is 44.0 Å². The smallest absolute Gasteiger partial charge is 0.259 e. The van der Waals surface area contributed by atoms with Gasteiger partial charge in [-0.3, -0.25) is 9.48 Å². The van der Waals surface area contributed by atoms with E-state index in [1.807, 2.05) is 61.9 Å². The maximum Gasteiger partial charge on any atom is 0.259 e. The molecule has 2 aromatic carbocycles. The number of nitrogens with one attached hydrogen (secondary N) is 1. The van der Waals surface area contributed by atoms with Crippen molar-refractivity contribution < 1.29 is 4.79 Å². The molecule has 128 valence electrons. The van der Waals surface area contributed by atoms with Gasteiger partial charge in [-0.1, -0.05) is 48.0 Å². The molecule has 1 heterocycles. The summed E-state index contributed by atoms with van der Waals surface area (Å²) < 4.78 is 1.87. The first-order chi connectivity index (χ1) is 12.0. The lowest BCUT2D eigenvalue weighted by atomic mass is 10.1. The molecule has 3 aromatic rings. The molecule has 0 radical (unpaired) electrons. The molecule has 1 amide bonds. The van der Waals surface area contributed by atoms with Crippen LogP contribution in [0.5, 0.6) is 0 Å². The summed E-state index contributed by atoms with van der Waals surface area (Å²) in [5.74, 6) is -0.167. The van der Waals surface area contributed by atoms with Crippen LogP contribution < -0.4 is 5.32 Å². The maximum absolute atomic E-state index is 12.8. The highest BCUT2D eigenvalue weighted by Crippen LogP contribution is 2.22. The Balaban J connectivity index is 1.87. The summed E-state index contributed by atoms with van der Waals surface area (Å²) in [4.78, 5) is 12.8. The lowest BCUT2D eigenvalue weighted by Gasteiger charge is -2.09. The Hall–Kier alpha value is -2.59. The third kappa shape index (κ3) is 3.74. The SMILES string of the molecule is Cc1ccc(Cl)cc1NC(=O)c1c(C)nn(Cc2ccccc2)c1C. The number of rotatable bonds is 4. The quantitative estimate of drug-likeness (QED) is 0.734. The number of hydrogen-bond acceptors (Lipinski definition) is 2. The van der Waals surface area contributed by atoms with E-state index in [-0.39, 0.29) is 5.91 Å². The van der Waals surface area contributed by atoms with Gasteiger partial charge in [-0.2, -0.15) is 5.10 Å². The Bertz CT molecular complexity index is 916. The highest BCUT2D eigenvalue weighted by Gasteiger charge is 2.19. The zero-order chi connectivity index (χ0) is 18.0. The van der Waals surface area contributed by atoms with E-state index in [1.54, 1.807) is 12.1 Å². The number of hydrogen-bond donors (Lipinski definition) is 1. The second-order valence-electron chi connectivity index (χ2n) is 6.10. The minimum Gasteiger partial charge on any atom is -0.322 e. The van der Waals surface area contributed by atoms with Crippen LogP contribution in [-0.4, -0.2) is 15.7 Å². The Labute approximate surface area is 152 Å². The summed E-state index contributed by atoms with van der Waals surface area (Å²) in [5.41, 5.74) is 4.99. The van der Waals surface area contributed by atoms with Crippen molar-refractivity contribution in [2.75, 3.05) is 5.32 Å². The van der Waals surface area contributed by atoms with E-state index in [0.717, 1.165) is 16.8 Å². The number of anilines is 1. The molecule has 0 aliphatic carbocycles. The number of amides is 1. The van der Waals surface area contributed by atoms with Gasteiger partial charge in [0.2, 0.25) is 0 Å². The summed E-state index contributed by atoms with van der Waals surface area (Å²) in [5, 5.41) is 8.08. The average Bonchev–Trinajstić information content (AvgIpc) is 2.86. The molecule has 0 bridgehead atoms. The predicted molar refractivity (Wildman–Crippen MR) is 101 cm³/mol. The van der Waals surface area contributed by atoms with Gasteiger partial charge in [0, 0.05) is 16.4 Å². The lowest BCUT2D eigenvalue weighted by Crippen LogP contribution is -2.15. The van der Waals surface area contributed by atoms with Crippen molar-refractivity contribution >= 4 is 23.2 Å². The summed E-state index contributed by atoms with van der Waals surface area (Å²) in [6.07, 6.45) is 0. The highest BCUT2D eigenvalue weighted by atomic mass is 35.5. The molecule has 0 aliphatic rings. The predicted octanol–water partition coefficient (Wildman–Crippen LogP) is 4.76. The lowest BCUT2D eigenvalue weighted by molar-refractivity contribution is 0.102. The molecule has 0 atom stereocenters. The highest BCUT2D eigenvalue weighted by molar-refractivity contribution is 6.31. The van der Waals surface area contributed by atoms with Crippen LogP contribution in [0, 0.1) is 20.8 Å². The van der Waals surface area contributed by atoms with Crippen molar-refractivity contribution in [1.29, 1.82) is 0 Å². The summed E-state index contributed by atoms with van der Waals surface area (Å²) in [6, 6.07) is 15.5. The monoisotopic (exact) mass is 353 g/mol.